The molecule has 1 aliphatic heterocycles. The molecule has 100 valence electrons. The lowest BCUT2D eigenvalue weighted by Crippen LogP contribution is -2.33. The van der Waals surface area contributed by atoms with Gasteiger partial charge in [-0.05, 0) is 18.2 Å². The topological polar surface area (TPSA) is 61.7 Å². The van der Waals surface area contributed by atoms with Gasteiger partial charge in [0.1, 0.15) is 0 Å². The minimum absolute atomic E-state index is 0.586. The molecule has 4 nitrogen and oxygen atoms in total. The molecule has 0 amide bonds. The zero-order valence-corrected chi connectivity index (χ0v) is 11.1. The molecule has 2 aromatic rings. The van der Waals surface area contributed by atoms with Crippen LogP contribution in [0.2, 0.25) is 5.02 Å². The first-order valence-electron chi connectivity index (χ1n) is 6.07. The maximum Gasteiger partial charge on any atom is 0.349 e. The molecule has 1 aliphatic rings. The first-order chi connectivity index (χ1) is 9.65. The van der Waals surface area contributed by atoms with Crippen LogP contribution in [-0.2, 0) is 4.79 Å². The SMILES string of the molecule is O=C(O)[C@H]1N=C(c2ccccc2)c2cc(Cl)ccc2N1. The number of aliphatic imine (C=N–C) groups is 1. The van der Waals surface area contributed by atoms with Gasteiger partial charge >= 0.3 is 5.97 Å². The second-order valence-electron chi connectivity index (χ2n) is 4.42. The summed E-state index contributed by atoms with van der Waals surface area (Å²) < 4.78 is 0. The number of rotatable bonds is 2. The van der Waals surface area contributed by atoms with Crippen LogP contribution in [0.3, 0.4) is 0 Å². The van der Waals surface area contributed by atoms with Gasteiger partial charge in [0.25, 0.3) is 0 Å². The second-order valence-corrected chi connectivity index (χ2v) is 4.86. The van der Waals surface area contributed by atoms with E-state index in [4.69, 9.17) is 11.6 Å². The summed E-state index contributed by atoms with van der Waals surface area (Å²) in [6, 6.07) is 14.7. The van der Waals surface area contributed by atoms with E-state index in [1.54, 1.807) is 18.2 Å². The molecule has 2 N–H and O–H groups in total. The molecule has 0 aromatic heterocycles. The number of nitrogens with one attached hydrogen (secondary N) is 1. The van der Waals surface area contributed by atoms with Crippen LogP contribution in [0.4, 0.5) is 5.69 Å². The van der Waals surface area contributed by atoms with Crippen molar-refractivity contribution in [1.29, 1.82) is 0 Å². The Kier molecular flexibility index (Phi) is 3.16. The highest BCUT2D eigenvalue weighted by atomic mass is 35.5. The third-order valence-electron chi connectivity index (χ3n) is 3.07. The maximum absolute atomic E-state index is 11.2. The number of anilines is 1. The van der Waals surface area contributed by atoms with Crippen molar-refractivity contribution in [3.05, 3.63) is 64.7 Å². The van der Waals surface area contributed by atoms with Gasteiger partial charge in [-0.25, -0.2) is 9.79 Å². The van der Waals surface area contributed by atoms with Gasteiger partial charge < -0.3 is 10.4 Å². The summed E-state index contributed by atoms with van der Waals surface area (Å²) in [4.78, 5) is 15.5. The van der Waals surface area contributed by atoms with Crippen molar-refractivity contribution in [1.82, 2.24) is 0 Å². The van der Waals surface area contributed by atoms with Crippen LogP contribution in [0.1, 0.15) is 11.1 Å². The summed E-state index contributed by atoms with van der Waals surface area (Å²) in [5.74, 6) is -1.01. The summed E-state index contributed by atoms with van der Waals surface area (Å²) in [5.41, 5.74) is 3.02. The van der Waals surface area contributed by atoms with E-state index in [0.717, 1.165) is 16.8 Å². The van der Waals surface area contributed by atoms with Gasteiger partial charge in [0, 0.05) is 21.8 Å². The standard InChI is InChI=1S/C15H11ClN2O2/c16-10-6-7-12-11(8-10)13(9-4-2-1-3-5-9)18-14(17-12)15(19)20/h1-8,14,17H,(H,19,20)/t14-/m1/s1. The molecule has 0 saturated carbocycles. The number of aliphatic carboxylic acids is 1. The Bertz CT molecular complexity index is 698. The third-order valence-corrected chi connectivity index (χ3v) is 3.30. The predicted molar refractivity (Wildman–Crippen MR) is 78.6 cm³/mol. The molecule has 5 heteroatoms. The van der Waals surface area contributed by atoms with Gasteiger partial charge in [-0.15, -0.1) is 0 Å². The lowest BCUT2D eigenvalue weighted by molar-refractivity contribution is -0.137. The molecule has 0 bridgehead atoms. The van der Waals surface area contributed by atoms with E-state index in [2.05, 4.69) is 10.3 Å². The summed E-state index contributed by atoms with van der Waals surface area (Å²) >= 11 is 6.03. The van der Waals surface area contributed by atoms with E-state index >= 15 is 0 Å². The van der Waals surface area contributed by atoms with Crippen LogP contribution in [0.15, 0.2) is 53.5 Å². The van der Waals surface area contributed by atoms with Crippen LogP contribution >= 0.6 is 11.6 Å². The second kappa shape index (κ2) is 4.98. The number of hydrogen-bond donors (Lipinski definition) is 2. The maximum atomic E-state index is 11.2. The number of carbonyl (C=O) groups is 1. The van der Waals surface area contributed by atoms with Gasteiger partial charge in [0.2, 0.25) is 6.17 Å². The molecule has 0 unspecified atom stereocenters. The summed E-state index contributed by atoms with van der Waals surface area (Å²) in [6.45, 7) is 0. The average molecular weight is 287 g/mol. The highest BCUT2D eigenvalue weighted by Crippen LogP contribution is 2.28. The van der Waals surface area contributed by atoms with Gasteiger partial charge in [-0.3, -0.25) is 0 Å². The molecule has 0 saturated heterocycles. The van der Waals surface area contributed by atoms with E-state index in [1.807, 2.05) is 30.3 Å². The number of nitrogens with zero attached hydrogens (tertiary/aromatic N) is 1. The Morgan fingerprint density at radius 3 is 2.65 bits per heavy atom. The van der Waals surface area contributed by atoms with E-state index in [0.29, 0.717) is 10.7 Å². The van der Waals surface area contributed by atoms with Crippen molar-refractivity contribution in [3.63, 3.8) is 0 Å². The van der Waals surface area contributed by atoms with Crippen LogP contribution in [0.25, 0.3) is 0 Å². The van der Waals surface area contributed by atoms with Gasteiger partial charge in [0.05, 0.1) is 5.71 Å². The van der Waals surface area contributed by atoms with Crippen molar-refractivity contribution >= 4 is 29.0 Å². The predicted octanol–water partition coefficient (Wildman–Crippen LogP) is 3.01. The summed E-state index contributed by atoms with van der Waals surface area (Å²) in [7, 11) is 0. The lowest BCUT2D eigenvalue weighted by Gasteiger charge is -2.23. The van der Waals surface area contributed by atoms with Gasteiger partial charge in [-0.2, -0.15) is 0 Å². The van der Waals surface area contributed by atoms with E-state index < -0.39 is 12.1 Å². The molecule has 0 radical (unpaired) electrons. The van der Waals surface area contributed by atoms with Crippen molar-refractivity contribution < 1.29 is 9.90 Å². The van der Waals surface area contributed by atoms with Crippen molar-refractivity contribution in [2.24, 2.45) is 4.99 Å². The van der Waals surface area contributed by atoms with Gasteiger partial charge in [0.15, 0.2) is 0 Å². The minimum atomic E-state index is -1.01. The van der Waals surface area contributed by atoms with E-state index in [1.165, 1.54) is 0 Å². The molecule has 1 atom stereocenters. The molecule has 1 heterocycles. The minimum Gasteiger partial charge on any atom is -0.478 e. The highest BCUT2D eigenvalue weighted by molar-refractivity contribution is 6.31. The average Bonchev–Trinajstić information content (AvgIpc) is 2.47. The van der Waals surface area contributed by atoms with Crippen molar-refractivity contribution in [2.75, 3.05) is 5.32 Å². The molecule has 0 spiro atoms. The largest absolute Gasteiger partial charge is 0.478 e. The normalized spacial score (nSPS) is 16.9. The van der Waals surface area contributed by atoms with Crippen molar-refractivity contribution in [2.45, 2.75) is 6.17 Å². The first kappa shape index (κ1) is 12.7. The number of fused-ring (bicyclic) bond motifs is 1. The molecule has 20 heavy (non-hydrogen) atoms. The van der Waals surface area contributed by atoms with Crippen molar-refractivity contribution in [3.8, 4) is 0 Å². The van der Waals surface area contributed by atoms with E-state index in [-0.39, 0.29) is 0 Å². The number of carboxylic acid groups (broad SMARTS) is 1. The Labute approximate surface area is 120 Å². The quantitative estimate of drug-likeness (QED) is 0.892. The van der Waals surface area contributed by atoms with Crippen LogP contribution < -0.4 is 5.32 Å². The fourth-order valence-electron chi connectivity index (χ4n) is 2.16. The lowest BCUT2D eigenvalue weighted by atomic mass is 9.98. The molecule has 2 aromatic carbocycles. The van der Waals surface area contributed by atoms with Gasteiger partial charge in [-0.1, -0.05) is 41.9 Å². The van der Waals surface area contributed by atoms with Crippen LogP contribution in [0, 0.1) is 0 Å². The van der Waals surface area contributed by atoms with E-state index in [9.17, 15) is 9.90 Å². The first-order valence-corrected chi connectivity index (χ1v) is 6.45. The number of hydrogen-bond acceptors (Lipinski definition) is 3. The Morgan fingerprint density at radius 1 is 1.20 bits per heavy atom. The number of carboxylic acids is 1. The number of halogens is 1. The third kappa shape index (κ3) is 2.26. The Hall–Kier alpha value is -2.33. The van der Waals surface area contributed by atoms with Crippen LogP contribution in [-0.4, -0.2) is 23.0 Å². The zero-order valence-electron chi connectivity index (χ0n) is 10.4. The molecular formula is C15H11ClN2O2. The summed E-state index contributed by atoms with van der Waals surface area (Å²) in [6.07, 6.45) is -0.987. The molecule has 0 aliphatic carbocycles. The number of benzene rings is 2. The molecular weight excluding hydrogens is 276 g/mol. The molecule has 0 fully saturated rings. The fraction of sp³-hybridized carbons (Fsp3) is 0.0667. The fourth-order valence-corrected chi connectivity index (χ4v) is 2.33. The Balaban J connectivity index is 2.18. The highest BCUT2D eigenvalue weighted by Gasteiger charge is 2.25. The zero-order chi connectivity index (χ0) is 14.1. The van der Waals surface area contributed by atoms with Crippen LogP contribution in [0.5, 0.6) is 0 Å². The smallest absolute Gasteiger partial charge is 0.349 e. The Morgan fingerprint density at radius 2 is 1.95 bits per heavy atom. The molecule has 3 rings (SSSR count). The summed E-state index contributed by atoms with van der Waals surface area (Å²) in [5, 5.41) is 12.7. The monoisotopic (exact) mass is 286 g/mol.